The summed E-state index contributed by atoms with van der Waals surface area (Å²) in [7, 11) is 0. The molecule has 0 aromatic carbocycles. The van der Waals surface area contributed by atoms with E-state index in [4.69, 9.17) is 4.74 Å². The molecule has 1 aliphatic heterocycles. The maximum absolute atomic E-state index is 11.8. The van der Waals surface area contributed by atoms with Crippen LogP contribution in [0.4, 0.5) is 0 Å². The topological polar surface area (TPSA) is 39.2 Å². The quantitative estimate of drug-likeness (QED) is 0.844. The Bertz CT molecular complexity index is 361. The molecule has 2 heterocycles. The normalized spacial score (nSPS) is 20.5. The van der Waals surface area contributed by atoms with E-state index < -0.39 is 0 Å². The van der Waals surface area contributed by atoms with Crippen LogP contribution in [0, 0.1) is 0 Å². The van der Waals surface area contributed by atoms with Gasteiger partial charge in [0.25, 0.3) is 0 Å². The minimum absolute atomic E-state index is 0.160. The molecular formula is C11H12BrNO2. The van der Waals surface area contributed by atoms with Crippen LogP contribution in [-0.4, -0.2) is 23.5 Å². The van der Waals surface area contributed by atoms with E-state index in [1.165, 1.54) is 0 Å². The largest absolute Gasteiger partial charge is 0.370 e. The van der Waals surface area contributed by atoms with E-state index in [-0.39, 0.29) is 11.9 Å². The Labute approximate surface area is 97.0 Å². The number of aromatic nitrogens is 1. The molecule has 0 bridgehead atoms. The third kappa shape index (κ3) is 2.86. The van der Waals surface area contributed by atoms with Crippen molar-refractivity contribution in [2.45, 2.75) is 25.4 Å². The number of Topliss-reactive ketones (excluding diaryl/α,β-unsaturated/α-hetero) is 1. The summed E-state index contributed by atoms with van der Waals surface area (Å²) in [6.45, 7) is 0.715. The van der Waals surface area contributed by atoms with E-state index >= 15 is 0 Å². The standard InChI is InChI=1S/C11H12BrNO2/c12-9-4-8(6-13-7-9)5-10(14)11-2-1-3-15-11/h4,6-7,11H,1-3,5H2. The highest BCUT2D eigenvalue weighted by Crippen LogP contribution is 2.16. The minimum Gasteiger partial charge on any atom is -0.370 e. The molecule has 1 aliphatic rings. The third-order valence-electron chi connectivity index (χ3n) is 2.43. The molecule has 0 amide bonds. The van der Waals surface area contributed by atoms with Gasteiger partial charge in [0, 0.05) is 29.9 Å². The molecule has 2 rings (SSSR count). The number of hydrogen-bond donors (Lipinski definition) is 0. The Hall–Kier alpha value is -0.740. The van der Waals surface area contributed by atoms with E-state index in [0.29, 0.717) is 13.0 Å². The fourth-order valence-corrected chi connectivity index (χ4v) is 2.11. The van der Waals surface area contributed by atoms with Gasteiger partial charge < -0.3 is 4.74 Å². The molecule has 4 heteroatoms. The van der Waals surface area contributed by atoms with E-state index in [1.54, 1.807) is 12.4 Å². The van der Waals surface area contributed by atoms with Crippen molar-refractivity contribution in [3.05, 3.63) is 28.5 Å². The molecule has 1 atom stereocenters. The Morgan fingerprint density at radius 3 is 3.13 bits per heavy atom. The third-order valence-corrected chi connectivity index (χ3v) is 2.86. The van der Waals surface area contributed by atoms with Crippen molar-refractivity contribution in [2.24, 2.45) is 0 Å². The van der Waals surface area contributed by atoms with Gasteiger partial charge in [0.1, 0.15) is 6.10 Å². The average molecular weight is 270 g/mol. The first-order valence-corrected chi connectivity index (χ1v) is 5.79. The van der Waals surface area contributed by atoms with Crippen LogP contribution in [0.5, 0.6) is 0 Å². The van der Waals surface area contributed by atoms with Crippen molar-refractivity contribution in [3.63, 3.8) is 0 Å². The van der Waals surface area contributed by atoms with Crippen LogP contribution in [0.2, 0.25) is 0 Å². The van der Waals surface area contributed by atoms with Gasteiger partial charge in [0.15, 0.2) is 5.78 Å². The molecule has 0 radical (unpaired) electrons. The first-order chi connectivity index (χ1) is 7.25. The van der Waals surface area contributed by atoms with Gasteiger partial charge in [-0.05, 0) is 40.4 Å². The first-order valence-electron chi connectivity index (χ1n) is 4.99. The van der Waals surface area contributed by atoms with Gasteiger partial charge in [-0.15, -0.1) is 0 Å². The Morgan fingerprint density at radius 1 is 1.60 bits per heavy atom. The summed E-state index contributed by atoms with van der Waals surface area (Å²) in [4.78, 5) is 15.8. The predicted octanol–water partition coefficient (Wildman–Crippen LogP) is 2.13. The lowest BCUT2D eigenvalue weighted by molar-refractivity contribution is -0.127. The fraction of sp³-hybridized carbons (Fsp3) is 0.455. The Kier molecular flexibility index (Phi) is 3.49. The average Bonchev–Trinajstić information content (AvgIpc) is 2.70. The fourth-order valence-electron chi connectivity index (χ4n) is 1.70. The molecule has 3 nitrogen and oxygen atoms in total. The number of rotatable bonds is 3. The second-order valence-corrected chi connectivity index (χ2v) is 4.57. The van der Waals surface area contributed by atoms with Crippen molar-refractivity contribution in [1.82, 2.24) is 4.98 Å². The summed E-state index contributed by atoms with van der Waals surface area (Å²) < 4.78 is 6.24. The highest BCUT2D eigenvalue weighted by Gasteiger charge is 2.23. The molecule has 1 aromatic rings. The maximum atomic E-state index is 11.8. The smallest absolute Gasteiger partial charge is 0.165 e. The number of carbonyl (C=O) groups excluding carboxylic acids is 1. The van der Waals surface area contributed by atoms with Crippen molar-refractivity contribution < 1.29 is 9.53 Å². The van der Waals surface area contributed by atoms with Crippen molar-refractivity contribution >= 4 is 21.7 Å². The van der Waals surface area contributed by atoms with Crippen LogP contribution in [0.25, 0.3) is 0 Å². The zero-order chi connectivity index (χ0) is 10.7. The zero-order valence-electron chi connectivity index (χ0n) is 8.28. The summed E-state index contributed by atoms with van der Waals surface area (Å²) >= 11 is 3.33. The van der Waals surface area contributed by atoms with Crippen LogP contribution < -0.4 is 0 Å². The minimum atomic E-state index is -0.191. The van der Waals surface area contributed by atoms with Gasteiger partial charge in [0.05, 0.1) is 0 Å². The molecular weight excluding hydrogens is 258 g/mol. The summed E-state index contributed by atoms with van der Waals surface area (Å²) in [5, 5.41) is 0. The first kappa shape index (κ1) is 10.8. The number of ether oxygens (including phenoxy) is 1. The molecule has 80 valence electrons. The number of nitrogens with zero attached hydrogens (tertiary/aromatic N) is 1. The van der Waals surface area contributed by atoms with Crippen molar-refractivity contribution in [3.8, 4) is 0 Å². The van der Waals surface area contributed by atoms with Crippen LogP contribution in [0.1, 0.15) is 18.4 Å². The molecule has 0 aliphatic carbocycles. The van der Waals surface area contributed by atoms with Gasteiger partial charge >= 0.3 is 0 Å². The van der Waals surface area contributed by atoms with Gasteiger partial charge in [-0.2, -0.15) is 0 Å². The second kappa shape index (κ2) is 4.86. The lowest BCUT2D eigenvalue weighted by Crippen LogP contribution is -2.21. The highest BCUT2D eigenvalue weighted by molar-refractivity contribution is 9.10. The molecule has 1 fully saturated rings. The lowest BCUT2D eigenvalue weighted by Gasteiger charge is -2.07. The Balaban J connectivity index is 1.99. The molecule has 1 aromatic heterocycles. The maximum Gasteiger partial charge on any atom is 0.165 e. The summed E-state index contributed by atoms with van der Waals surface area (Å²) in [5.74, 6) is 0.160. The summed E-state index contributed by atoms with van der Waals surface area (Å²) in [6, 6.07) is 1.92. The van der Waals surface area contributed by atoms with Gasteiger partial charge in [0.2, 0.25) is 0 Å². The van der Waals surface area contributed by atoms with Gasteiger partial charge in [-0.1, -0.05) is 0 Å². The number of hydrogen-bond acceptors (Lipinski definition) is 3. The van der Waals surface area contributed by atoms with E-state index in [1.807, 2.05) is 6.07 Å². The molecule has 1 saturated heterocycles. The number of carbonyl (C=O) groups is 1. The molecule has 0 saturated carbocycles. The molecule has 1 unspecified atom stereocenters. The van der Waals surface area contributed by atoms with E-state index in [2.05, 4.69) is 20.9 Å². The van der Waals surface area contributed by atoms with Crippen molar-refractivity contribution in [2.75, 3.05) is 6.61 Å². The molecule has 15 heavy (non-hydrogen) atoms. The van der Waals surface area contributed by atoms with E-state index in [9.17, 15) is 4.79 Å². The van der Waals surface area contributed by atoms with Gasteiger partial charge in [-0.25, -0.2) is 0 Å². The summed E-state index contributed by atoms with van der Waals surface area (Å²) in [6.07, 6.45) is 5.51. The number of pyridine rings is 1. The van der Waals surface area contributed by atoms with Crippen LogP contribution in [-0.2, 0) is 16.0 Å². The van der Waals surface area contributed by atoms with Crippen molar-refractivity contribution in [1.29, 1.82) is 0 Å². The molecule has 0 spiro atoms. The van der Waals surface area contributed by atoms with Gasteiger partial charge in [-0.3, -0.25) is 9.78 Å². The zero-order valence-corrected chi connectivity index (χ0v) is 9.87. The number of ketones is 1. The number of halogens is 1. The second-order valence-electron chi connectivity index (χ2n) is 3.66. The SMILES string of the molecule is O=C(Cc1cncc(Br)c1)C1CCCO1. The predicted molar refractivity (Wildman–Crippen MR) is 59.6 cm³/mol. The highest BCUT2D eigenvalue weighted by atomic mass is 79.9. The summed E-state index contributed by atoms with van der Waals surface area (Å²) in [5.41, 5.74) is 0.935. The Morgan fingerprint density at radius 2 is 2.47 bits per heavy atom. The van der Waals surface area contributed by atoms with Crippen LogP contribution in [0.15, 0.2) is 22.9 Å². The van der Waals surface area contributed by atoms with E-state index in [0.717, 1.165) is 22.9 Å². The monoisotopic (exact) mass is 269 g/mol. The van der Waals surface area contributed by atoms with Crippen LogP contribution >= 0.6 is 15.9 Å². The van der Waals surface area contributed by atoms with Crippen LogP contribution in [0.3, 0.4) is 0 Å². The molecule has 0 N–H and O–H groups in total. The lowest BCUT2D eigenvalue weighted by atomic mass is 10.1.